The van der Waals surface area contributed by atoms with E-state index >= 15 is 8.78 Å². The molecule has 38 heavy (non-hydrogen) atoms. The van der Waals surface area contributed by atoms with Gasteiger partial charge < -0.3 is 9.47 Å². The number of halogens is 5. The molecule has 2 aromatic carbocycles. The second-order valence-corrected chi connectivity index (χ2v) is 12.3. The van der Waals surface area contributed by atoms with E-state index in [1.165, 1.54) is 6.92 Å². The fraction of sp³-hybridized carbons (Fsp3) is 0.519. The Labute approximate surface area is 221 Å². The van der Waals surface area contributed by atoms with Crippen molar-refractivity contribution in [1.29, 1.82) is 0 Å². The number of benzene rings is 2. The molecule has 1 aliphatic carbocycles. The predicted octanol–water partition coefficient (Wildman–Crippen LogP) is 6.85. The maximum atomic E-state index is 16.2. The fourth-order valence-electron chi connectivity index (χ4n) is 3.98. The molecule has 1 saturated carbocycles. The molecule has 5 nitrogen and oxygen atoms in total. The summed E-state index contributed by atoms with van der Waals surface area (Å²) >= 11 is 0. The number of aryl methyl sites for hydroxylation is 1. The van der Waals surface area contributed by atoms with Gasteiger partial charge in [-0.25, -0.2) is 17.7 Å². The summed E-state index contributed by atoms with van der Waals surface area (Å²) in [6.07, 6.45) is -4.27. The summed E-state index contributed by atoms with van der Waals surface area (Å²) in [5, 5.41) is 0. The summed E-state index contributed by atoms with van der Waals surface area (Å²) in [6, 6.07) is 1.99. The van der Waals surface area contributed by atoms with E-state index in [-0.39, 0.29) is 18.3 Å². The molecule has 1 aliphatic rings. The Morgan fingerprint density at radius 3 is 2.29 bits per heavy atom. The lowest BCUT2D eigenvalue weighted by Gasteiger charge is -2.27. The molecule has 0 unspecified atom stereocenters. The van der Waals surface area contributed by atoms with E-state index in [4.69, 9.17) is 9.47 Å². The van der Waals surface area contributed by atoms with E-state index in [0.29, 0.717) is 22.9 Å². The third-order valence-corrected chi connectivity index (χ3v) is 7.69. The highest BCUT2D eigenvalue weighted by Gasteiger charge is 2.40. The van der Waals surface area contributed by atoms with E-state index in [2.05, 4.69) is 4.72 Å². The van der Waals surface area contributed by atoms with Crippen LogP contribution in [0.5, 0.6) is 5.75 Å². The molecule has 2 aromatic rings. The second-order valence-electron chi connectivity index (χ2n) is 10.3. The van der Waals surface area contributed by atoms with Crippen molar-refractivity contribution in [2.45, 2.75) is 83.9 Å². The van der Waals surface area contributed by atoms with Crippen LogP contribution in [0.2, 0.25) is 0 Å². The minimum Gasteiger partial charge on any atom is -0.490 e. The van der Waals surface area contributed by atoms with Crippen molar-refractivity contribution in [2.24, 2.45) is 0 Å². The molecule has 0 amide bonds. The predicted molar refractivity (Wildman–Crippen MR) is 135 cm³/mol. The van der Waals surface area contributed by atoms with Crippen LogP contribution >= 0.6 is 0 Å². The molecule has 3 rings (SSSR count). The largest absolute Gasteiger partial charge is 0.490 e. The maximum Gasteiger partial charge on any atom is 0.419 e. The van der Waals surface area contributed by atoms with E-state index in [1.807, 2.05) is 0 Å². The first-order valence-electron chi connectivity index (χ1n) is 12.3. The fourth-order valence-corrected chi connectivity index (χ4v) is 4.80. The first-order chi connectivity index (χ1) is 17.6. The van der Waals surface area contributed by atoms with E-state index < -0.39 is 68.7 Å². The zero-order chi connectivity index (χ0) is 28.6. The topological polar surface area (TPSA) is 64.6 Å². The molecule has 0 aliphatic heterocycles. The number of hydrogen-bond donors (Lipinski definition) is 1. The zero-order valence-electron chi connectivity index (χ0n) is 22.1. The third-order valence-electron chi connectivity index (χ3n) is 6.08. The van der Waals surface area contributed by atoms with Crippen molar-refractivity contribution in [2.75, 3.05) is 6.61 Å². The molecule has 0 aromatic heterocycles. The average Bonchev–Trinajstić information content (AvgIpc) is 3.60. The number of nitrogens with one attached hydrogen (secondary N) is 1. The van der Waals surface area contributed by atoms with E-state index in [9.17, 15) is 22.2 Å². The van der Waals surface area contributed by atoms with Crippen molar-refractivity contribution in [3.63, 3.8) is 0 Å². The van der Waals surface area contributed by atoms with Gasteiger partial charge >= 0.3 is 12.1 Å². The highest BCUT2D eigenvalue weighted by Crippen LogP contribution is 2.44. The van der Waals surface area contributed by atoms with Crippen LogP contribution in [0.3, 0.4) is 0 Å². The molecule has 0 radical (unpaired) electrons. The lowest BCUT2D eigenvalue weighted by Crippen LogP contribution is -2.37. The summed E-state index contributed by atoms with van der Waals surface area (Å²) in [5.74, 6) is -3.70. The van der Waals surface area contributed by atoms with Crippen molar-refractivity contribution >= 4 is 17.0 Å². The first kappa shape index (κ1) is 30.0. The standard InChI is InChI=1S/C27H32F5NO4S/c1-7-36-21(34)13-19(33-38(35)26(4,5)6)23-24(28)17(12-18(25(23)29)27(30,31)32)22-14(2)8-11-20(15(22)3)37-16-9-10-16/h8,11-12,16,19,33H,7,9-10,13H2,1-6H3/t19-,38+/m0/s1. The van der Waals surface area contributed by atoms with Crippen LogP contribution < -0.4 is 9.46 Å². The van der Waals surface area contributed by atoms with E-state index in [1.54, 1.807) is 46.8 Å². The first-order valence-corrected chi connectivity index (χ1v) is 13.4. The molecule has 0 spiro atoms. The monoisotopic (exact) mass is 561 g/mol. The third kappa shape index (κ3) is 6.72. The van der Waals surface area contributed by atoms with Gasteiger partial charge in [-0.2, -0.15) is 13.2 Å². The zero-order valence-corrected chi connectivity index (χ0v) is 23.0. The van der Waals surface area contributed by atoms with Gasteiger partial charge in [-0.3, -0.25) is 4.79 Å². The van der Waals surface area contributed by atoms with Crippen LogP contribution in [0, 0.1) is 25.5 Å². The molecular weight excluding hydrogens is 529 g/mol. The highest BCUT2D eigenvalue weighted by molar-refractivity contribution is 7.84. The second kappa shape index (κ2) is 11.3. The number of esters is 1. The van der Waals surface area contributed by atoms with Gasteiger partial charge in [-0.15, -0.1) is 0 Å². The number of alkyl halides is 3. The van der Waals surface area contributed by atoms with Gasteiger partial charge in [0.25, 0.3) is 0 Å². The van der Waals surface area contributed by atoms with Crippen LogP contribution in [0.1, 0.15) is 75.3 Å². The SMILES string of the molecule is CCOC(=O)C[C@H](N[S@](=O)C(C)(C)C)c1c(F)c(-c2c(C)ccc(OC3CC3)c2C)cc(C(F)(F)F)c1F. The van der Waals surface area contributed by atoms with Crippen LogP contribution in [0.4, 0.5) is 22.0 Å². The number of carbonyl (C=O) groups is 1. The lowest BCUT2D eigenvalue weighted by atomic mass is 9.89. The minimum absolute atomic E-state index is 0.0193. The van der Waals surface area contributed by atoms with Gasteiger partial charge in [0.05, 0.1) is 46.5 Å². The van der Waals surface area contributed by atoms with Gasteiger partial charge in [-0.05, 0) is 83.2 Å². The maximum absolute atomic E-state index is 16.2. The number of hydrogen-bond acceptors (Lipinski definition) is 4. The molecule has 0 bridgehead atoms. The van der Waals surface area contributed by atoms with Gasteiger partial charge in [-0.1, -0.05) is 6.07 Å². The van der Waals surface area contributed by atoms with Crippen LogP contribution in [0.15, 0.2) is 18.2 Å². The molecular formula is C27H32F5NO4S. The van der Waals surface area contributed by atoms with E-state index in [0.717, 1.165) is 12.8 Å². The number of carbonyl (C=O) groups excluding carboxylic acids is 1. The summed E-state index contributed by atoms with van der Waals surface area (Å²) in [7, 11) is -1.99. The van der Waals surface area contributed by atoms with Gasteiger partial charge in [0, 0.05) is 11.1 Å². The molecule has 0 saturated heterocycles. The summed E-state index contributed by atoms with van der Waals surface area (Å²) < 4.78 is 99.1. The molecule has 11 heteroatoms. The molecule has 2 atom stereocenters. The summed E-state index contributed by atoms with van der Waals surface area (Å²) in [5.41, 5.74) is -2.26. The molecule has 0 heterocycles. The summed E-state index contributed by atoms with van der Waals surface area (Å²) in [6.45, 7) is 9.36. The Morgan fingerprint density at radius 2 is 1.76 bits per heavy atom. The Kier molecular flexibility index (Phi) is 8.92. The Balaban J connectivity index is 2.30. The van der Waals surface area contributed by atoms with Crippen molar-refractivity contribution < 1.29 is 40.4 Å². The van der Waals surface area contributed by atoms with Crippen LogP contribution in [-0.4, -0.2) is 27.6 Å². The van der Waals surface area contributed by atoms with Crippen molar-refractivity contribution in [1.82, 2.24) is 4.72 Å². The Morgan fingerprint density at radius 1 is 1.13 bits per heavy atom. The molecule has 210 valence electrons. The Hall–Kier alpha value is -2.53. The van der Waals surface area contributed by atoms with Crippen LogP contribution in [-0.2, 0) is 26.7 Å². The average molecular weight is 562 g/mol. The van der Waals surface area contributed by atoms with Gasteiger partial charge in [0.2, 0.25) is 0 Å². The molecule has 1 fully saturated rings. The minimum atomic E-state index is -5.18. The molecule has 1 N–H and O–H groups in total. The summed E-state index contributed by atoms with van der Waals surface area (Å²) in [4.78, 5) is 12.3. The van der Waals surface area contributed by atoms with Crippen molar-refractivity contribution in [3.8, 4) is 16.9 Å². The van der Waals surface area contributed by atoms with Gasteiger partial charge in [0.1, 0.15) is 17.4 Å². The smallest absolute Gasteiger partial charge is 0.419 e. The quantitative estimate of drug-likeness (QED) is 0.269. The van der Waals surface area contributed by atoms with Gasteiger partial charge in [0.15, 0.2) is 0 Å². The number of ether oxygens (including phenoxy) is 2. The lowest BCUT2D eigenvalue weighted by molar-refractivity contribution is -0.143. The number of rotatable bonds is 9. The van der Waals surface area contributed by atoms with Crippen LogP contribution in [0.25, 0.3) is 11.1 Å². The van der Waals surface area contributed by atoms with Crippen molar-refractivity contribution in [3.05, 3.63) is 52.1 Å². The normalized spacial score (nSPS) is 15.8. The highest BCUT2D eigenvalue weighted by atomic mass is 32.2. The Bertz CT molecular complexity index is 1240.